The molecule has 0 amide bonds. The number of aliphatic imine (C=N–C) groups is 2. The molecule has 0 atom stereocenters. The van der Waals surface area contributed by atoms with E-state index in [1.54, 1.807) is 0 Å². The first-order valence-electron chi connectivity index (χ1n) is 12.4. The van der Waals surface area contributed by atoms with Gasteiger partial charge in [-0.25, -0.2) is 0 Å². The van der Waals surface area contributed by atoms with Crippen LogP contribution in [0.2, 0.25) is 0 Å². The van der Waals surface area contributed by atoms with Gasteiger partial charge in [0.1, 0.15) is 0 Å². The van der Waals surface area contributed by atoms with E-state index in [9.17, 15) is 0 Å². The summed E-state index contributed by atoms with van der Waals surface area (Å²) in [5, 5.41) is 0. The van der Waals surface area contributed by atoms with Crippen molar-refractivity contribution in [2.45, 2.75) is 90.1 Å². The molecular formula is C28H44Cl2N4. The van der Waals surface area contributed by atoms with Crippen LogP contribution in [0.4, 0.5) is 0 Å². The number of hydrogen-bond donors (Lipinski definition) is 2. The van der Waals surface area contributed by atoms with Gasteiger partial charge in [0, 0.05) is 12.8 Å². The van der Waals surface area contributed by atoms with E-state index in [2.05, 4.69) is 34.3 Å². The molecule has 0 saturated carbocycles. The molecule has 0 aliphatic heterocycles. The van der Waals surface area contributed by atoms with E-state index >= 15 is 0 Å². The fourth-order valence-corrected chi connectivity index (χ4v) is 3.74. The average Bonchev–Trinajstić information content (AvgIpc) is 2.83. The minimum Gasteiger partial charge on any atom is -0.387 e. The van der Waals surface area contributed by atoms with Gasteiger partial charge in [0.05, 0.1) is 24.8 Å². The van der Waals surface area contributed by atoms with E-state index in [1.807, 2.05) is 36.4 Å². The summed E-state index contributed by atoms with van der Waals surface area (Å²) in [6.45, 7) is 1.39. The molecule has 2 aromatic carbocycles. The largest absolute Gasteiger partial charge is 0.387 e. The van der Waals surface area contributed by atoms with E-state index in [-0.39, 0.29) is 24.8 Å². The van der Waals surface area contributed by atoms with E-state index in [0.29, 0.717) is 13.1 Å². The first kappa shape index (κ1) is 32.0. The molecule has 6 heteroatoms. The van der Waals surface area contributed by atoms with Gasteiger partial charge in [0.15, 0.2) is 0 Å². The summed E-state index contributed by atoms with van der Waals surface area (Å²) >= 11 is 0. The molecule has 4 N–H and O–H groups in total. The summed E-state index contributed by atoms with van der Waals surface area (Å²) in [7, 11) is 0. The lowest BCUT2D eigenvalue weighted by molar-refractivity contribution is 0.556. The van der Waals surface area contributed by atoms with E-state index < -0.39 is 0 Å². The molecule has 0 bridgehead atoms. The third kappa shape index (κ3) is 16.6. The predicted molar refractivity (Wildman–Crippen MR) is 153 cm³/mol. The van der Waals surface area contributed by atoms with Crippen molar-refractivity contribution in [2.24, 2.45) is 21.5 Å². The van der Waals surface area contributed by atoms with Crippen LogP contribution in [-0.4, -0.2) is 11.7 Å². The Hall–Kier alpha value is -2.04. The van der Waals surface area contributed by atoms with Crippen LogP contribution in [0.3, 0.4) is 0 Å². The molecule has 2 rings (SSSR count). The van der Waals surface area contributed by atoms with Crippen LogP contribution in [0.15, 0.2) is 70.6 Å². The normalized spacial score (nSPS) is 11.5. The van der Waals surface area contributed by atoms with Crippen molar-refractivity contribution in [1.29, 1.82) is 0 Å². The maximum Gasteiger partial charge on any atom is 0.0941 e. The second-order valence-corrected chi connectivity index (χ2v) is 8.62. The summed E-state index contributed by atoms with van der Waals surface area (Å²) in [5.74, 6) is 1.58. The highest BCUT2D eigenvalue weighted by Crippen LogP contribution is 2.12. The molecule has 2 aromatic rings. The van der Waals surface area contributed by atoms with Crippen LogP contribution in [0.1, 0.15) is 88.2 Å². The zero-order chi connectivity index (χ0) is 22.7. The van der Waals surface area contributed by atoms with Crippen molar-refractivity contribution in [2.75, 3.05) is 0 Å². The van der Waals surface area contributed by atoms with Gasteiger partial charge in [-0.3, -0.25) is 9.98 Å². The van der Waals surface area contributed by atoms with Gasteiger partial charge in [-0.05, 0) is 24.0 Å². The number of amidine groups is 2. The van der Waals surface area contributed by atoms with Crippen molar-refractivity contribution in [3.8, 4) is 0 Å². The fourth-order valence-electron chi connectivity index (χ4n) is 3.74. The van der Waals surface area contributed by atoms with Crippen molar-refractivity contribution in [1.82, 2.24) is 0 Å². The Morgan fingerprint density at radius 2 is 0.765 bits per heavy atom. The predicted octanol–water partition coefficient (Wildman–Crippen LogP) is 7.63. The number of halogens is 2. The van der Waals surface area contributed by atoms with Crippen LogP contribution >= 0.6 is 24.8 Å². The highest BCUT2D eigenvalue weighted by atomic mass is 35.5. The molecule has 0 heterocycles. The maximum atomic E-state index is 6.04. The molecule has 0 unspecified atom stereocenters. The fraction of sp³-hybridized carbons (Fsp3) is 0.500. The van der Waals surface area contributed by atoms with Gasteiger partial charge in [0.2, 0.25) is 0 Å². The summed E-state index contributed by atoms with van der Waals surface area (Å²) in [5.41, 5.74) is 14.5. The van der Waals surface area contributed by atoms with Gasteiger partial charge in [-0.2, -0.15) is 0 Å². The second kappa shape index (κ2) is 21.5. The SMILES string of the molecule is Cl.Cl.NC(CCCCCCCCCCCCC(N)=NCc1ccccc1)=NCc1ccccc1. The molecule has 34 heavy (non-hydrogen) atoms. The smallest absolute Gasteiger partial charge is 0.0941 e. The molecule has 190 valence electrons. The Morgan fingerprint density at radius 1 is 0.471 bits per heavy atom. The lowest BCUT2D eigenvalue weighted by Gasteiger charge is -2.04. The van der Waals surface area contributed by atoms with E-state index in [4.69, 9.17) is 11.5 Å². The second-order valence-electron chi connectivity index (χ2n) is 8.62. The topological polar surface area (TPSA) is 76.8 Å². The van der Waals surface area contributed by atoms with Crippen LogP contribution in [0.25, 0.3) is 0 Å². The van der Waals surface area contributed by atoms with Gasteiger partial charge in [-0.15, -0.1) is 24.8 Å². The quantitative estimate of drug-likeness (QED) is 0.131. The van der Waals surface area contributed by atoms with Crippen molar-refractivity contribution >= 4 is 36.5 Å². The summed E-state index contributed by atoms with van der Waals surface area (Å²) in [6.07, 6.45) is 14.6. The lowest BCUT2D eigenvalue weighted by Crippen LogP contribution is -2.11. The summed E-state index contributed by atoms with van der Waals surface area (Å²) < 4.78 is 0. The Morgan fingerprint density at radius 3 is 1.09 bits per heavy atom. The molecule has 0 fully saturated rings. The zero-order valence-corrected chi connectivity index (χ0v) is 22.2. The van der Waals surface area contributed by atoms with Crippen LogP contribution in [0.5, 0.6) is 0 Å². The number of unbranched alkanes of at least 4 members (excludes halogenated alkanes) is 9. The molecule has 0 aliphatic carbocycles. The van der Waals surface area contributed by atoms with E-state index in [1.165, 1.54) is 62.5 Å². The zero-order valence-electron chi connectivity index (χ0n) is 20.5. The highest BCUT2D eigenvalue weighted by molar-refractivity contribution is 5.85. The number of benzene rings is 2. The number of nitrogens with two attached hydrogens (primary N) is 2. The van der Waals surface area contributed by atoms with Crippen LogP contribution in [0, 0.1) is 0 Å². The van der Waals surface area contributed by atoms with Crippen LogP contribution in [-0.2, 0) is 13.1 Å². The third-order valence-electron chi connectivity index (χ3n) is 5.73. The lowest BCUT2D eigenvalue weighted by atomic mass is 10.0. The van der Waals surface area contributed by atoms with Gasteiger partial charge in [0.25, 0.3) is 0 Å². The number of hydrogen-bond acceptors (Lipinski definition) is 2. The van der Waals surface area contributed by atoms with E-state index in [0.717, 1.165) is 37.4 Å². The molecule has 0 aromatic heterocycles. The monoisotopic (exact) mass is 506 g/mol. The van der Waals surface area contributed by atoms with Crippen LogP contribution < -0.4 is 11.5 Å². The van der Waals surface area contributed by atoms with Crippen molar-refractivity contribution in [3.63, 3.8) is 0 Å². The molecule has 0 radical (unpaired) electrons. The summed E-state index contributed by atoms with van der Waals surface area (Å²) in [4.78, 5) is 8.98. The number of rotatable bonds is 17. The minimum absolute atomic E-state index is 0. The maximum absolute atomic E-state index is 6.04. The molecule has 0 aliphatic rings. The van der Waals surface area contributed by atoms with Crippen molar-refractivity contribution in [3.05, 3.63) is 71.8 Å². The van der Waals surface area contributed by atoms with Crippen molar-refractivity contribution < 1.29 is 0 Å². The molecular weight excluding hydrogens is 463 g/mol. The Bertz CT molecular complexity index is 712. The van der Waals surface area contributed by atoms with Gasteiger partial charge < -0.3 is 11.5 Å². The minimum atomic E-state index is 0. The van der Waals surface area contributed by atoms with Gasteiger partial charge >= 0.3 is 0 Å². The number of nitrogens with zero attached hydrogens (tertiary/aromatic N) is 2. The third-order valence-corrected chi connectivity index (χ3v) is 5.73. The highest BCUT2D eigenvalue weighted by Gasteiger charge is 1.98. The Labute approximate surface area is 219 Å². The molecule has 0 spiro atoms. The average molecular weight is 508 g/mol. The Kier molecular flexibility index (Phi) is 20.2. The molecule has 0 saturated heterocycles. The first-order valence-corrected chi connectivity index (χ1v) is 12.4. The van der Waals surface area contributed by atoms with Gasteiger partial charge in [-0.1, -0.05) is 112 Å². The first-order chi connectivity index (χ1) is 15.7. The Balaban J connectivity index is 0.00000544. The molecule has 4 nitrogen and oxygen atoms in total. The standard InChI is InChI=1S/C28H42N4.2ClH/c29-27(31-23-25-17-11-9-12-18-25)21-15-7-5-3-1-2-4-6-8-16-22-28(30)32-24-26-19-13-10-14-20-26;;/h9-14,17-20H,1-8,15-16,21-24H2,(H2,29,31)(H2,30,32);2*1H. The summed E-state index contributed by atoms with van der Waals surface area (Å²) in [6, 6.07) is 20.6.